The van der Waals surface area contributed by atoms with Crippen LogP contribution in [-0.2, 0) is 16.2 Å². The second kappa shape index (κ2) is 7.88. The van der Waals surface area contributed by atoms with Crippen molar-refractivity contribution in [3.05, 3.63) is 59.7 Å². The van der Waals surface area contributed by atoms with Gasteiger partial charge in [-0.2, -0.15) is 0 Å². The predicted molar refractivity (Wildman–Crippen MR) is 79.8 cm³/mol. The lowest BCUT2D eigenvalue weighted by Crippen LogP contribution is -2.27. The third-order valence-electron chi connectivity index (χ3n) is 2.86. The van der Waals surface area contributed by atoms with Gasteiger partial charge in [0.05, 0.1) is 12.2 Å². The molecule has 0 unspecified atom stereocenters. The Morgan fingerprint density at radius 1 is 1.17 bits per heavy atom. The third-order valence-corrected chi connectivity index (χ3v) is 2.86. The number of carbonyl (C=O) groups is 2. The fourth-order valence-electron chi connectivity index (χ4n) is 1.81. The molecule has 2 rings (SSSR count). The molecular weight excluding hydrogens is 306 g/mol. The van der Waals surface area contributed by atoms with Crippen molar-refractivity contribution in [1.82, 2.24) is 5.32 Å². The number of amides is 2. The molecular formula is C16H14F2N2O3. The van der Waals surface area contributed by atoms with Crippen LogP contribution in [0.25, 0.3) is 0 Å². The van der Waals surface area contributed by atoms with Crippen LogP contribution in [-0.4, -0.2) is 18.9 Å². The van der Waals surface area contributed by atoms with Crippen LogP contribution in [0.1, 0.15) is 5.56 Å². The first-order chi connectivity index (χ1) is 11.1. The van der Waals surface area contributed by atoms with Crippen molar-refractivity contribution in [3.8, 4) is 5.75 Å². The van der Waals surface area contributed by atoms with E-state index in [0.29, 0.717) is 12.0 Å². The Hall–Kier alpha value is -2.96. The van der Waals surface area contributed by atoms with E-state index in [1.54, 1.807) is 12.1 Å². The summed E-state index contributed by atoms with van der Waals surface area (Å²) in [5.74, 6) is -1.36. The molecule has 5 nitrogen and oxygen atoms in total. The molecule has 2 amide bonds. The van der Waals surface area contributed by atoms with Crippen molar-refractivity contribution < 1.29 is 23.1 Å². The molecule has 7 heteroatoms. The molecule has 0 atom stereocenters. The number of hydrogen-bond donors (Lipinski definition) is 2. The fourth-order valence-corrected chi connectivity index (χ4v) is 1.81. The van der Waals surface area contributed by atoms with Crippen molar-refractivity contribution >= 4 is 18.0 Å². The number of anilines is 1. The van der Waals surface area contributed by atoms with E-state index < -0.39 is 11.7 Å². The van der Waals surface area contributed by atoms with Crippen LogP contribution < -0.4 is 15.4 Å². The zero-order valence-electron chi connectivity index (χ0n) is 12.0. The molecule has 0 aliphatic carbocycles. The number of hydrogen-bond acceptors (Lipinski definition) is 3. The third kappa shape index (κ3) is 5.06. The normalized spacial score (nSPS) is 10.0. The van der Waals surface area contributed by atoms with Gasteiger partial charge < -0.3 is 15.4 Å². The Morgan fingerprint density at radius 3 is 2.70 bits per heavy atom. The van der Waals surface area contributed by atoms with Crippen LogP contribution in [0.15, 0.2) is 42.5 Å². The maximum absolute atomic E-state index is 13.9. The van der Waals surface area contributed by atoms with Gasteiger partial charge in [0.25, 0.3) is 0 Å². The largest absolute Gasteiger partial charge is 0.489 e. The van der Waals surface area contributed by atoms with Crippen LogP contribution in [0.4, 0.5) is 14.5 Å². The smallest absolute Gasteiger partial charge is 0.243 e. The second-order valence-electron chi connectivity index (χ2n) is 4.61. The molecule has 0 aliphatic rings. The zero-order valence-corrected chi connectivity index (χ0v) is 12.0. The van der Waals surface area contributed by atoms with Gasteiger partial charge >= 0.3 is 0 Å². The first-order valence-electron chi connectivity index (χ1n) is 6.72. The van der Waals surface area contributed by atoms with Crippen LogP contribution in [0, 0.1) is 11.6 Å². The number of carbonyl (C=O) groups excluding carboxylic acids is 2. The van der Waals surface area contributed by atoms with Crippen molar-refractivity contribution in [2.45, 2.75) is 6.61 Å². The first-order valence-corrected chi connectivity index (χ1v) is 6.72. The summed E-state index contributed by atoms with van der Waals surface area (Å²) in [5.41, 5.74) is 0.587. The van der Waals surface area contributed by atoms with E-state index >= 15 is 0 Å². The van der Waals surface area contributed by atoms with Gasteiger partial charge in [0.1, 0.15) is 24.0 Å². The van der Waals surface area contributed by atoms with E-state index in [4.69, 9.17) is 4.74 Å². The van der Waals surface area contributed by atoms with E-state index in [2.05, 4.69) is 10.6 Å². The van der Waals surface area contributed by atoms with Gasteiger partial charge in [-0.25, -0.2) is 8.78 Å². The lowest BCUT2D eigenvalue weighted by Gasteiger charge is -2.10. The number of rotatable bonds is 7. The van der Waals surface area contributed by atoms with E-state index in [1.807, 2.05) is 0 Å². The van der Waals surface area contributed by atoms with Gasteiger partial charge in [-0.3, -0.25) is 9.59 Å². The molecule has 0 saturated heterocycles. The zero-order chi connectivity index (χ0) is 16.7. The highest BCUT2D eigenvalue weighted by Crippen LogP contribution is 2.21. The number of benzene rings is 2. The van der Waals surface area contributed by atoms with Gasteiger partial charge in [-0.05, 0) is 29.8 Å². The van der Waals surface area contributed by atoms with E-state index in [-0.39, 0.29) is 30.4 Å². The van der Waals surface area contributed by atoms with Gasteiger partial charge in [0.15, 0.2) is 0 Å². The van der Waals surface area contributed by atoms with Crippen LogP contribution in [0.2, 0.25) is 0 Å². The Bertz CT molecular complexity index is 707. The average molecular weight is 320 g/mol. The molecule has 2 aromatic carbocycles. The maximum atomic E-state index is 13.9. The van der Waals surface area contributed by atoms with E-state index in [1.165, 1.54) is 24.3 Å². The summed E-state index contributed by atoms with van der Waals surface area (Å²) in [7, 11) is 0. The molecule has 0 heterocycles. The van der Waals surface area contributed by atoms with Crippen LogP contribution in [0.5, 0.6) is 5.75 Å². The van der Waals surface area contributed by atoms with Crippen molar-refractivity contribution in [3.63, 3.8) is 0 Å². The van der Waals surface area contributed by atoms with Crippen molar-refractivity contribution in [2.24, 2.45) is 0 Å². The Labute approximate surface area is 131 Å². The summed E-state index contributed by atoms with van der Waals surface area (Å²) in [6.45, 7) is -0.160. The lowest BCUT2D eigenvalue weighted by molar-refractivity contribution is -0.118. The highest BCUT2D eigenvalue weighted by atomic mass is 19.1. The summed E-state index contributed by atoms with van der Waals surface area (Å²) in [6.07, 6.45) is 0.374. The van der Waals surface area contributed by atoms with Gasteiger partial charge in [0.2, 0.25) is 12.3 Å². The molecule has 0 radical (unpaired) electrons. The molecule has 0 fully saturated rings. The Balaban J connectivity index is 1.96. The summed E-state index contributed by atoms with van der Waals surface area (Å²) >= 11 is 0. The van der Waals surface area contributed by atoms with E-state index in [0.717, 1.165) is 6.07 Å². The molecule has 0 spiro atoms. The van der Waals surface area contributed by atoms with Crippen LogP contribution >= 0.6 is 0 Å². The predicted octanol–water partition coefficient (Wildman–Crippen LogP) is 2.23. The molecule has 0 bridgehead atoms. The molecule has 23 heavy (non-hydrogen) atoms. The van der Waals surface area contributed by atoms with Gasteiger partial charge in [-0.15, -0.1) is 0 Å². The summed E-state index contributed by atoms with van der Waals surface area (Å²) in [5, 5.41) is 4.48. The minimum absolute atomic E-state index is 0.0270. The molecule has 2 N–H and O–H groups in total. The van der Waals surface area contributed by atoms with Crippen LogP contribution in [0.3, 0.4) is 0 Å². The van der Waals surface area contributed by atoms with E-state index in [9.17, 15) is 18.4 Å². The minimum atomic E-state index is -0.679. The second-order valence-corrected chi connectivity index (χ2v) is 4.61. The Morgan fingerprint density at radius 2 is 2.00 bits per heavy atom. The molecule has 0 saturated carbocycles. The number of ether oxygens (including phenoxy) is 1. The highest BCUT2D eigenvalue weighted by molar-refractivity contribution is 5.93. The fraction of sp³-hybridized carbons (Fsp3) is 0.125. The average Bonchev–Trinajstić information content (AvgIpc) is 2.53. The Kier molecular flexibility index (Phi) is 5.62. The maximum Gasteiger partial charge on any atom is 0.243 e. The lowest BCUT2D eigenvalue weighted by atomic mass is 10.2. The molecule has 2 aromatic rings. The topological polar surface area (TPSA) is 67.4 Å². The molecule has 0 aromatic heterocycles. The van der Waals surface area contributed by atoms with Gasteiger partial charge in [0, 0.05) is 6.07 Å². The summed E-state index contributed by atoms with van der Waals surface area (Å²) in [4.78, 5) is 21.5. The number of halogens is 2. The highest BCUT2D eigenvalue weighted by Gasteiger charge is 2.08. The SMILES string of the molecule is O=CNCC(=O)Nc1ccc(OCc2cccc(F)c2)cc1F. The summed E-state index contributed by atoms with van der Waals surface area (Å²) < 4.78 is 32.3. The summed E-state index contributed by atoms with van der Waals surface area (Å²) in [6, 6.07) is 9.82. The first kappa shape index (κ1) is 16.4. The molecule has 0 aliphatic heterocycles. The monoisotopic (exact) mass is 320 g/mol. The minimum Gasteiger partial charge on any atom is -0.489 e. The molecule has 120 valence electrons. The van der Waals surface area contributed by atoms with Gasteiger partial charge in [-0.1, -0.05) is 12.1 Å². The standard InChI is InChI=1S/C16H14F2N2O3/c17-12-3-1-2-11(6-12)9-23-13-4-5-15(14(18)7-13)20-16(22)8-19-10-21/h1-7,10H,8-9H2,(H,19,21)(H,20,22). The quantitative estimate of drug-likeness (QED) is 0.769. The number of nitrogens with one attached hydrogen (secondary N) is 2. The van der Waals surface area contributed by atoms with Crippen molar-refractivity contribution in [2.75, 3.05) is 11.9 Å². The van der Waals surface area contributed by atoms with Crippen molar-refractivity contribution in [1.29, 1.82) is 0 Å².